The zero-order valence-electron chi connectivity index (χ0n) is 17.9. The summed E-state index contributed by atoms with van der Waals surface area (Å²) < 4.78 is 19.3. The van der Waals surface area contributed by atoms with E-state index < -0.39 is 0 Å². The number of amides is 2. The lowest BCUT2D eigenvalue weighted by atomic mass is 9.89. The van der Waals surface area contributed by atoms with E-state index in [4.69, 9.17) is 4.74 Å². The first-order chi connectivity index (χ1) is 14.5. The Morgan fingerprint density at radius 2 is 1.83 bits per heavy atom. The van der Waals surface area contributed by atoms with Gasteiger partial charge >= 0.3 is 6.03 Å². The van der Waals surface area contributed by atoms with Gasteiger partial charge in [0.25, 0.3) is 0 Å². The van der Waals surface area contributed by atoms with Crippen molar-refractivity contribution < 1.29 is 13.9 Å². The van der Waals surface area contributed by atoms with E-state index in [1.54, 1.807) is 17.0 Å². The highest BCUT2D eigenvalue weighted by atomic mass is 19.1. The highest BCUT2D eigenvalue weighted by molar-refractivity contribution is 5.74. The Morgan fingerprint density at radius 3 is 2.53 bits per heavy atom. The van der Waals surface area contributed by atoms with E-state index in [1.807, 2.05) is 37.2 Å². The van der Waals surface area contributed by atoms with Gasteiger partial charge in [-0.3, -0.25) is 0 Å². The van der Waals surface area contributed by atoms with Crippen molar-refractivity contribution in [2.45, 2.75) is 25.5 Å². The average molecular weight is 414 g/mol. The lowest BCUT2D eigenvalue weighted by molar-refractivity contribution is -0.0271. The molecule has 1 fully saturated rings. The molecule has 1 aliphatic heterocycles. The molecule has 2 aromatic rings. The Kier molecular flexibility index (Phi) is 8.22. The summed E-state index contributed by atoms with van der Waals surface area (Å²) in [6.07, 6.45) is 2.03. The third-order valence-corrected chi connectivity index (χ3v) is 5.48. The summed E-state index contributed by atoms with van der Waals surface area (Å²) in [4.78, 5) is 16.8. The van der Waals surface area contributed by atoms with Crippen molar-refractivity contribution in [2.24, 2.45) is 5.92 Å². The zero-order chi connectivity index (χ0) is 21.3. The van der Waals surface area contributed by atoms with E-state index >= 15 is 0 Å². The molecule has 1 heterocycles. The molecule has 0 bridgehead atoms. The van der Waals surface area contributed by atoms with E-state index in [9.17, 15) is 9.18 Å². The summed E-state index contributed by atoms with van der Waals surface area (Å²) in [5.74, 6) is -0.0288. The van der Waals surface area contributed by atoms with Crippen LogP contribution in [0.25, 0.3) is 0 Å². The molecule has 2 aromatic carbocycles. The summed E-state index contributed by atoms with van der Waals surface area (Å²) in [6.45, 7) is 3.13. The predicted molar refractivity (Wildman–Crippen MR) is 117 cm³/mol. The van der Waals surface area contributed by atoms with Crippen LogP contribution in [-0.4, -0.2) is 56.2 Å². The Bertz CT molecular complexity index is 783. The standard InChI is InChI=1S/C24H32FN3O2/c1-27(2)14-15-28(18-19-10-12-22(25)13-11-19)24(29)26-17-21-9-6-16-30-23(21)20-7-4-3-5-8-20/h3-5,7-8,10-13,21,23H,6,9,14-18H2,1-2H3,(H,26,29)/t21-,23+/m0/s1. The molecule has 0 spiro atoms. The predicted octanol–water partition coefficient (Wildman–Crippen LogP) is 4.07. The minimum absolute atomic E-state index is 0.00701. The third-order valence-electron chi connectivity index (χ3n) is 5.48. The van der Waals surface area contributed by atoms with Crippen LogP contribution in [0.5, 0.6) is 0 Å². The fourth-order valence-corrected chi connectivity index (χ4v) is 3.78. The molecule has 2 atom stereocenters. The number of hydrogen-bond acceptors (Lipinski definition) is 3. The molecule has 0 aromatic heterocycles. The average Bonchev–Trinajstić information content (AvgIpc) is 2.77. The summed E-state index contributed by atoms with van der Waals surface area (Å²) in [5, 5.41) is 3.12. The Labute approximate surface area is 178 Å². The first-order valence-corrected chi connectivity index (χ1v) is 10.6. The second kappa shape index (κ2) is 11.1. The Balaban J connectivity index is 1.62. The summed E-state index contributed by atoms with van der Waals surface area (Å²) >= 11 is 0. The first kappa shape index (κ1) is 22.2. The van der Waals surface area contributed by atoms with Crippen molar-refractivity contribution in [2.75, 3.05) is 40.3 Å². The number of ether oxygens (including phenoxy) is 1. The van der Waals surface area contributed by atoms with Gasteiger partial charge in [0, 0.05) is 38.7 Å². The number of urea groups is 1. The molecule has 1 aliphatic rings. The number of likely N-dealkylation sites (N-methyl/N-ethyl adjacent to an activating group) is 1. The molecule has 1 N–H and O–H groups in total. The fraction of sp³-hybridized carbons (Fsp3) is 0.458. The highest BCUT2D eigenvalue weighted by Crippen LogP contribution is 2.33. The lowest BCUT2D eigenvalue weighted by Crippen LogP contribution is -2.45. The van der Waals surface area contributed by atoms with E-state index in [0.717, 1.165) is 37.1 Å². The number of hydrogen-bond donors (Lipinski definition) is 1. The number of carbonyl (C=O) groups excluding carboxylic acids is 1. The van der Waals surface area contributed by atoms with Gasteiger partial charge in [-0.1, -0.05) is 42.5 Å². The summed E-state index contributed by atoms with van der Waals surface area (Å²) in [5.41, 5.74) is 2.07. The highest BCUT2D eigenvalue weighted by Gasteiger charge is 2.28. The van der Waals surface area contributed by atoms with E-state index in [1.165, 1.54) is 12.1 Å². The van der Waals surface area contributed by atoms with Crippen LogP contribution in [0.1, 0.15) is 30.1 Å². The van der Waals surface area contributed by atoms with Gasteiger partial charge in [0.2, 0.25) is 0 Å². The van der Waals surface area contributed by atoms with Crippen molar-refractivity contribution in [3.05, 3.63) is 71.5 Å². The molecule has 0 saturated carbocycles. The van der Waals surface area contributed by atoms with E-state index in [0.29, 0.717) is 19.6 Å². The SMILES string of the molecule is CN(C)CCN(Cc1ccc(F)cc1)C(=O)NC[C@@H]1CCCO[C@@H]1c1ccccc1. The number of benzene rings is 2. The van der Waals surface area contributed by atoms with Crippen LogP contribution in [-0.2, 0) is 11.3 Å². The number of nitrogens with one attached hydrogen (secondary N) is 1. The molecule has 1 saturated heterocycles. The number of halogens is 1. The summed E-state index contributed by atoms with van der Waals surface area (Å²) in [6, 6.07) is 16.4. The number of carbonyl (C=O) groups is 1. The molecule has 0 unspecified atom stereocenters. The van der Waals surface area contributed by atoms with Crippen LogP contribution in [0.3, 0.4) is 0 Å². The maximum absolute atomic E-state index is 13.2. The molecule has 0 aliphatic carbocycles. The minimum atomic E-state index is -0.271. The molecule has 3 rings (SSSR count). The molecular formula is C24H32FN3O2. The van der Waals surface area contributed by atoms with Crippen molar-refractivity contribution in [1.82, 2.24) is 15.1 Å². The number of rotatable bonds is 8. The van der Waals surface area contributed by atoms with Crippen LogP contribution in [0.2, 0.25) is 0 Å². The topological polar surface area (TPSA) is 44.8 Å². The van der Waals surface area contributed by atoms with Crippen molar-refractivity contribution in [3.8, 4) is 0 Å². The summed E-state index contributed by atoms with van der Waals surface area (Å²) in [7, 11) is 3.97. The van der Waals surface area contributed by atoms with Crippen molar-refractivity contribution in [3.63, 3.8) is 0 Å². The fourth-order valence-electron chi connectivity index (χ4n) is 3.78. The zero-order valence-corrected chi connectivity index (χ0v) is 17.9. The molecule has 2 amide bonds. The Hall–Kier alpha value is -2.44. The normalized spacial score (nSPS) is 18.9. The minimum Gasteiger partial charge on any atom is -0.373 e. The van der Waals surface area contributed by atoms with Gasteiger partial charge in [-0.25, -0.2) is 9.18 Å². The van der Waals surface area contributed by atoms with Crippen LogP contribution in [0, 0.1) is 11.7 Å². The van der Waals surface area contributed by atoms with Gasteiger partial charge in [0.05, 0.1) is 6.10 Å². The van der Waals surface area contributed by atoms with Crippen LogP contribution >= 0.6 is 0 Å². The molecule has 5 nitrogen and oxygen atoms in total. The van der Waals surface area contributed by atoms with Gasteiger partial charge in [-0.15, -0.1) is 0 Å². The van der Waals surface area contributed by atoms with Crippen molar-refractivity contribution >= 4 is 6.03 Å². The molecule has 6 heteroatoms. The van der Waals surface area contributed by atoms with Crippen LogP contribution < -0.4 is 5.32 Å². The van der Waals surface area contributed by atoms with Crippen LogP contribution in [0.4, 0.5) is 9.18 Å². The second-order valence-electron chi connectivity index (χ2n) is 8.14. The lowest BCUT2D eigenvalue weighted by Gasteiger charge is -2.33. The molecule has 162 valence electrons. The first-order valence-electron chi connectivity index (χ1n) is 10.6. The Morgan fingerprint density at radius 1 is 1.10 bits per heavy atom. The van der Waals surface area contributed by atoms with Gasteiger partial charge in [0.1, 0.15) is 5.82 Å². The largest absolute Gasteiger partial charge is 0.373 e. The van der Waals surface area contributed by atoms with Gasteiger partial charge in [-0.05, 0) is 50.2 Å². The molecule has 0 radical (unpaired) electrons. The van der Waals surface area contributed by atoms with Crippen molar-refractivity contribution in [1.29, 1.82) is 0 Å². The smallest absolute Gasteiger partial charge is 0.317 e. The number of nitrogens with zero attached hydrogens (tertiary/aromatic N) is 2. The van der Waals surface area contributed by atoms with Gasteiger partial charge in [0.15, 0.2) is 0 Å². The van der Waals surface area contributed by atoms with Gasteiger partial charge < -0.3 is 19.9 Å². The quantitative estimate of drug-likeness (QED) is 0.710. The van der Waals surface area contributed by atoms with Crippen LogP contribution in [0.15, 0.2) is 54.6 Å². The van der Waals surface area contributed by atoms with E-state index in [2.05, 4.69) is 17.4 Å². The third kappa shape index (κ3) is 6.54. The second-order valence-corrected chi connectivity index (χ2v) is 8.14. The van der Waals surface area contributed by atoms with E-state index in [-0.39, 0.29) is 23.9 Å². The molecule has 30 heavy (non-hydrogen) atoms. The van der Waals surface area contributed by atoms with Gasteiger partial charge in [-0.2, -0.15) is 0 Å². The maximum Gasteiger partial charge on any atom is 0.317 e. The monoisotopic (exact) mass is 413 g/mol. The molecular weight excluding hydrogens is 381 g/mol. The maximum atomic E-state index is 13.2.